The largest absolute Gasteiger partial charge is 0.490 e. The van der Waals surface area contributed by atoms with Crippen molar-refractivity contribution >= 4 is 0 Å². The van der Waals surface area contributed by atoms with Crippen LogP contribution in [0.1, 0.15) is 24.0 Å². The van der Waals surface area contributed by atoms with Gasteiger partial charge < -0.3 is 10.1 Å². The summed E-state index contributed by atoms with van der Waals surface area (Å²) >= 11 is 0. The normalized spacial score (nSPS) is 20.9. The minimum absolute atomic E-state index is 0.369. The number of nitrogens with one attached hydrogen (secondary N) is 1. The quantitative estimate of drug-likeness (QED) is 0.836. The van der Waals surface area contributed by atoms with Gasteiger partial charge in [0, 0.05) is 19.6 Å². The van der Waals surface area contributed by atoms with Gasteiger partial charge in [-0.2, -0.15) is 0 Å². The summed E-state index contributed by atoms with van der Waals surface area (Å²) in [6.45, 7) is 3.96. The van der Waals surface area contributed by atoms with E-state index < -0.39 is 0 Å². The van der Waals surface area contributed by atoms with E-state index in [0.29, 0.717) is 6.10 Å². The van der Waals surface area contributed by atoms with Gasteiger partial charge in [0.1, 0.15) is 11.9 Å². The van der Waals surface area contributed by atoms with Gasteiger partial charge in [-0.1, -0.05) is 12.1 Å². The van der Waals surface area contributed by atoms with Crippen LogP contribution in [0.5, 0.6) is 5.75 Å². The average Bonchev–Trinajstić information content (AvgIpc) is 2.40. The monoisotopic (exact) mass is 231 g/mol. The highest BCUT2D eigenvalue weighted by Gasteiger charge is 2.19. The van der Waals surface area contributed by atoms with Crippen molar-refractivity contribution in [3.8, 4) is 5.75 Å². The van der Waals surface area contributed by atoms with Crippen LogP contribution in [0.3, 0.4) is 0 Å². The second kappa shape index (κ2) is 5.07. The number of fused-ring (bicyclic) bond motifs is 1. The standard InChI is InChI=1S/C14H19N2O/c1-2-11-10-16-9-6-13(11)14(3-1)17-12-4-7-15-8-5-12/h1-3,12,16H,4-10H2. The molecule has 0 amide bonds. The van der Waals surface area contributed by atoms with Crippen LogP contribution >= 0.6 is 0 Å². The maximum atomic E-state index is 6.17. The third-order valence-corrected chi connectivity index (χ3v) is 3.61. The van der Waals surface area contributed by atoms with Crippen molar-refractivity contribution in [2.75, 3.05) is 19.6 Å². The van der Waals surface area contributed by atoms with Crippen LogP contribution in [0.25, 0.3) is 0 Å². The second-order valence-electron chi connectivity index (χ2n) is 4.81. The second-order valence-corrected chi connectivity index (χ2v) is 4.81. The molecule has 0 spiro atoms. The maximum absolute atomic E-state index is 6.17. The van der Waals surface area contributed by atoms with Crippen LogP contribution < -0.4 is 15.4 Å². The number of hydrogen-bond acceptors (Lipinski definition) is 2. The molecule has 2 aliphatic rings. The summed E-state index contributed by atoms with van der Waals surface area (Å²) in [5, 5.41) is 7.77. The van der Waals surface area contributed by atoms with Crippen LogP contribution in [-0.4, -0.2) is 25.7 Å². The fraction of sp³-hybridized carbons (Fsp3) is 0.571. The Morgan fingerprint density at radius 1 is 1.24 bits per heavy atom. The van der Waals surface area contributed by atoms with Gasteiger partial charge in [-0.05, 0) is 43.0 Å². The molecule has 0 bridgehead atoms. The van der Waals surface area contributed by atoms with E-state index in [-0.39, 0.29) is 0 Å². The fourth-order valence-corrected chi connectivity index (χ4v) is 2.63. The zero-order valence-corrected chi connectivity index (χ0v) is 10.1. The highest BCUT2D eigenvalue weighted by atomic mass is 16.5. The molecule has 1 aromatic rings. The maximum Gasteiger partial charge on any atom is 0.123 e. The molecule has 0 saturated carbocycles. The first-order valence-corrected chi connectivity index (χ1v) is 6.55. The van der Waals surface area contributed by atoms with E-state index in [1.807, 2.05) is 0 Å². The molecule has 2 heterocycles. The lowest BCUT2D eigenvalue weighted by molar-refractivity contribution is 0.159. The van der Waals surface area contributed by atoms with Crippen molar-refractivity contribution in [3.63, 3.8) is 0 Å². The van der Waals surface area contributed by atoms with Crippen LogP contribution in [0, 0.1) is 0 Å². The van der Waals surface area contributed by atoms with Crippen LogP contribution in [0.15, 0.2) is 18.2 Å². The highest BCUT2D eigenvalue weighted by molar-refractivity contribution is 5.41. The summed E-state index contributed by atoms with van der Waals surface area (Å²) in [6, 6.07) is 6.43. The molecule has 91 valence electrons. The SMILES string of the molecule is c1cc2c(c(OC3CC[N]CC3)c1)CCNC2. The van der Waals surface area contributed by atoms with Crippen LogP contribution in [-0.2, 0) is 13.0 Å². The molecule has 0 aromatic heterocycles. The van der Waals surface area contributed by atoms with Gasteiger partial charge in [0.05, 0.1) is 0 Å². The van der Waals surface area contributed by atoms with E-state index in [2.05, 4.69) is 28.8 Å². The van der Waals surface area contributed by atoms with Crippen molar-refractivity contribution < 1.29 is 4.74 Å². The van der Waals surface area contributed by atoms with Crippen molar-refractivity contribution in [2.45, 2.75) is 31.9 Å². The van der Waals surface area contributed by atoms with Crippen LogP contribution in [0.2, 0.25) is 0 Å². The fourth-order valence-electron chi connectivity index (χ4n) is 2.63. The molecule has 0 unspecified atom stereocenters. The summed E-state index contributed by atoms with van der Waals surface area (Å²) in [6.07, 6.45) is 3.60. The molecule has 1 fully saturated rings. The molecule has 17 heavy (non-hydrogen) atoms. The van der Waals surface area contributed by atoms with E-state index in [1.54, 1.807) is 0 Å². The summed E-state index contributed by atoms with van der Waals surface area (Å²) in [5.74, 6) is 1.11. The molecule has 3 nitrogen and oxygen atoms in total. The molecule has 1 radical (unpaired) electrons. The number of benzene rings is 1. The summed E-state index contributed by atoms with van der Waals surface area (Å²) in [5.41, 5.74) is 2.81. The molecule has 3 rings (SSSR count). The van der Waals surface area contributed by atoms with Crippen molar-refractivity contribution in [1.82, 2.24) is 10.6 Å². The van der Waals surface area contributed by atoms with Crippen molar-refractivity contribution in [3.05, 3.63) is 29.3 Å². The molecule has 0 atom stereocenters. The molecule has 2 aliphatic heterocycles. The number of ether oxygens (including phenoxy) is 1. The Labute approximate surface area is 103 Å². The zero-order chi connectivity index (χ0) is 11.5. The van der Waals surface area contributed by atoms with Gasteiger partial charge in [-0.15, -0.1) is 0 Å². The minimum Gasteiger partial charge on any atom is -0.490 e. The third-order valence-electron chi connectivity index (χ3n) is 3.61. The van der Waals surface area contributed by atoms with Gasteiger partial charge in [-0.3, -0.25) is 0 Å². The Kier molecular flexibility index (Phi) is 3.29. The number of hydrogen-bond donors (Lipinski definition) is 1. The number of nitrogens with zero attached hydrogens (tertiary/aromatic N) is 1. The molecular weight excluding hydrogens is 212 g/mol. The van der Waals surface area contributed by atoms with Gasteiger partial charge in [0.15, 0.2) is 0 Å². The average molecular weight is 231 g/mol. The highest BCUT2D eigenvalue weighted by Crippen LogP contribution is 2.27. The lowest BCUT2D eigenvalue weighted by Crippen LogP contribution is -2.31. The van der Waals surface area contributed by atoms with E-state index in [1.165, 1.54) is 11.1 Å². The molecular formula is C14H19N2O. The van der Waals surface area contributed by atoms with E-state index in [0.717, 1.165) is 51.2 Å². The van der Waals surface area contributed by atoms with E-state index in [9.17, 15) is 0 Å². The van der Waals surface area contributed by atoms with Crippen molar-refractivity contribution in [1.29, 1.82) is 0 Å². The Bertz CT molecular complexity index is 386. The predicted octanol–water partition coefficient (Wildman–Crippen LogP) is 1.48. The smallest absolute Gasteiger partial charge is 0.123 e. The third kappa shape index (κ3) is 2.45. The summed E-state index contributed by atoms with van der Waals surface area (Å²) in [7, 11) is 0. The predicted molar refractivity (Wildman–Crippen MR) is 67.4 cm³/mol. The molecule has 0 aliphatic carbocycles. The minimum atomic E-state index is 0.369. The molecule has 3 heteroatoms. The van der Waals surface area contributed by atoms with Crippen LogP contribution in [0.4, 0.5) is 0 Å². The number of rotatable bonds is 2. The molecule has 1 aromatic carbocycles. The summed E-state index contributed by atoms with van der Waals surface area (Å²) < 4.78 is 6.17. The first-order chi connectivity index (χ1) is 8.43. The Morgan fingerprint density at radius 3 is 3.00 bits per heavy atom. The number of piperidine rings is 1. The van der Waals surface area contributed by atoms with Gasteiger partial charge in [-0.25, -0.2) is 5.32 Å². The van der Waals surface area contributed by atoms with E-state index >= 15 is 0 Å². The van der Waals surface area contributed by atoms with Gasteiger partial charge in [0.25, 0.3) is 0 Å². The van der Waals surface area contributed by atoms with Crippen molar-refractivity contribution in [2.24, 2.45) is 0 Å². The zero-order valence-electron chi connectivity index (χ0n) is 10.1. The van der Waals surface area contributed by atoms with Gasteiger partial charge >= 0.3 is 0 Å². The topological polar surface area (TPSA) is 35.4 Å². The lowest BCUT2D eigenvalue weighted by Gasteiger charge is -2.26. The summed E-state index contributed by atoms with van der Waals surface area (Å²) in [4.78, 5) is 0. The molecule has 1 saturated heterocycles. The first kappa shape index (κ1) is 11.1. The van der Waals surface area contributed by atoms with E-state index in [4.69, 9.17) is 4.74 Å². The van der Waals surface area contributed by atoms with Gasteiger partial charge in [0.2, 0.25) is 0 Å². The Hall–Kier alpha value is -1.06. The Balaban J connectivity index is 1.77. The molecule has 1 N–H and O–H groups in total. The Morgan fingerprint density at radius 2 is 2.12 bits per heavy atom. The lowest BCUT2D eigenvalue weighted by atomic mass is 10.00. The first-order valence-electron chi connectivity index (χ1n) is 6.55.